The zero-order valence-electron chi connectivity index (χ0n) is 11.0. The zero-order chi connectivity index (χ0) is 13.4. The fourth-order valence-electron chi connectivity index (χ4n) is 2.61. The molecule has 0 atom stereocenters. The average molecular weight is 294 g/mol. The Labute approximate surface area is 126 Å². The highest BCUT2D eigenvalue weighted by Crippen LogP contribution is 2.30. The van der Waals surface area contributed by atoms with Crippen molar-refractivity contribution in [1.29, 1.82) is 0 Å². The van der Waals surface area contributed by atoms with Gasteiger partial charge in [0.1, 0.15) is 0 Å². The van der Waals surface area contributed by atoms with Crippen molar-refractivity contribution in [3.8, 4) is 0 Å². The zero-order valence-corrected chi connectivity index (χ0v) is 12.6. The minimum Gasteiger partial charge on any atom is -0.149 e. The Morgan fingerprint density at radius 1 is 0.700 bits per heavy atom. The molecule has 20 heavy (non-hydrogen) atoms. The van der Waals surface area contributed by atoms with Crippen LogP contribution in [0.3, 0.4) is 0 Å². The average Bonchev–Trinajstić information content (AvgIpc) is 3.11. The van der Waals surface area contributed by atoms with Crippen LogP contribution in [0.5, 0.6) is 0 Å². The number of hydrogen-bond acceptors (Lipinski definition) is 2. The van der Waals surface area contributed by atoms with E-state index < -0.39 is 0 Å². The number of benzene rings is 2. The second kappa shape index (κ2) is 5.04. The number of fused-ring (bicyclic) bond motifs is 2. The lowest BCUT2D eigenvalue weighted by Crippen LogP contribution is -1.83. The van der Waals surface area contributed by atoms with Crippen LogP contribution in [0.15, 0.2) is 60.0 Å². The quantitative estimate of drug-likeness (QED) is 0.441. The molecular weight excluding hydrogens is 280 g/mol. The van der Waals surface area contributed by atoms with Gasteiger partial charge in [0.05, 0.1) is 0 Å². The molecule has 0 spiro atoms. The lowest BCUT2D eigenvalue weighted by molar-refractivity contribution is 1.01. The lowest BCUT2D eigenvalue weighted by atomic mass is 10.1. The molecule has 0 aliphatic rings. The maximum Gasteiger partial charge on any atom is 0.0352 e. The van der Waals surface area contributed by atoms with E-state index in [4.69, 9.17) is 0 Å². The normalized spacial score (nSPS) is 11.4. The van der Waals surface area contributed by atoms with Crippen LogP contribution < -0.4 is 0 Å². The molecule has 0 saturated heterocycles. The van der Waals surface area contributed by atoms with Crippen molar-refractivity contribution in [2.45, 2.75) is 12.8 Å². The summed E-state index contributed by atoms with van der Waals surface area (Å²) >= 11 is 3.79. The summed E-state index contributed by atoms with van der Waals surface area (Å²) in [6.45, 7) is 0. The maximum absolute atomic E-state index is 2.36. The molecule has 2 aromatic heterocycles. The van der Waals surface area contributed by atoms with Gasteiger partial charge in [0.15, 0.2) is 0 Å². The number of aryl methyl sites for hydroxylation is 2. The van der Waals surface area contributed by atoms with Gasteiger partial charge in [-0.3, -0.25) is 0 Å². The molecule has 2 aromatic carbocycles. The van der Waals surface area contributed by atoms with Gasteiger partial charge < -0.3 is 0 Å². The van der Waals surface area contributed by atoms with Crippen molar-refractivity contribution in [3.05, 3.63) is 69.7 Å². The standard InChI is InChI=1S/C18H14S2/c1-2-5-14-12-18-15(10-13(14)4-1)11-17(20-18)8-7-16-6-3-9-19-16/h1-6,9-12H,7-8H2. The summed E-state index contributed by atoms with van der Waals surface area (Å²) in [6.07, 6.45) is 2.31. The van der Waals surface area contributed by atoms with Crippen molar-refractivity contribution in [1.82, 2.24) is 0 Å². The summed E-state index contributed by atoms with van der Waals surface area (Å²) in [5, 5.41) is 6.22. The number of thiophene rings is 2. The molecular formula is C18H14S2. The van der Waals surface area contributed by atoms with Crippen molar-refractivity contribution < 1.29 is 0 Å². The van der Waals surface area contributed by atoms with Crippen molar-refractivity contribution in [2.75, 3.05) is 0 Å². The van der Waals surface area contributed by atoms with Crippen LogP contribution in [-0.4, -0.2) is 0 Å². The molecule has 98 valence electrons. The molecule has 0 radical (unpaired) electrons. The van der Waals surface area contributed by atoms with Crippen molar-refractivity contribution >= 4 is 43.5 Å². The Kier molecular flexibility index (Phi) is 3.06. The third-order valence-corrected chi connectivity index (χ3v) is 5.73. The van der Waals surface area contributed by atoms with Gasteiger partial charge in [0.2, 0.25) is 0 Å². The molecule has 0 amide bonds. The Bertz CT molecular complexity index is 801. The molecule has 0 bridgehead atoms. The topological polar surface area (TPSA) is 0 Å². The Balaban J connectivity index is 1.69. The fraction of sp³-hybridized carbons (Fsp3) is 0.111. The van der Waals surface area contributed by atoms with E-state index in [2.05, 4.69) is 60.0 Å². The molecule has 0 N–H and O–H groups in total. The van der Waals surface area contributed by atoms with E-state index in [1.165, 1.54) is 30.6 Å². The monoisotopic (exact) mass is 294 g/mol. The predicted octanol–water partition coefficient (Wildman–Crippen LogP) is 5.90. The summed E-state index contributed by atoms with van der Waals surface area (Å²) < 4.78 is 1.41. The molecule has 2 heteroatoms. The van der Waals surface area contributed by atoms with Gasteiger partial charge in [-0.05, 0) is 58.6 Å². The van der Waals surface area contributed by atoms with Crippen LogP contribution in [0.25, 0.3) is 20.9 Å². The smallest absolute Gasteiger partial charge is 0.0352 e. The summed E-state index contributed by atoms with van der Waals surface area (Å²) in [5.74, 6) is 0. The first kappa shape index (κ1) is 12.1. The van der Waals surface area contributed by atoms with E-state index in [1.54, 1.807) is 0 Å². The maximum atomic E-state index is 2.36. The molecule has 0 fully saturated rings. The number of rotatable bonds is 3. The van der Waals surface area contributed by atoms with E-state index in [-0.39, 0.29) is 0 Å². The van der Waals surface area contributed by atoms with Gasteiger partial charge in [-0.1, -0.05) is 30.3 Å². The molecule has 0 aliphatic carbocycles. The lowest BCUT2D eigenvalue weighted by Gasteiger charge is -1.96. The van der Waals surface area contributed by atoms with Gasteiger partial charge in [-0.2, -0.15) is 0 Å². The van der Waals surface area contributed by atoms with Gasteiger partial charge in [0.25, 0.3) is 0 Å². The molecule has 4 rings (SSSR count). The van der Waals surface area contributed by atoms with Crippen LogP contribution in [0.1, 0.15) is 9.75 Å². The summed E-state index contributed by atoms with van der Waals surface area (Å²) in [5.41, 5.74) is 0. The first-order valence-corrected chi connectivity index (χ1v) is 8.52. The first-order valence-electron chi connectivity index (χ1n) is 6.82. The minimum atomic E-state index is 1.15. The van der Waals surface area contributed by atoms with Gasteiger partial charge in [0, 0.05) is 14.5 Å². The summed E-state index contributed by atoms with van der Waals surface area (Å²) in [7, 11) is 0. The Morgan fingerprint density at radius 2 is 1.50 bits per heavy atom. The largest absolute Gasteiger partial charge is 0.149 e. The van der Waals surface area contributed by atoms with E-state index in [1.807, 2.05) is 22.7 Å². The molecule has 2 heterocycles. The van der Waals surface area contributed by atoms with Gasteiger partial charge in [-0.15, -0.1) is 22.7 Å². The third kappa shape index (κ3) is 2.26. The predicted molar refractivity (Wildman–Crippen MR) is 91.1 cm³/mol. The van der Waals surface area contributed by atoms with E-state index >= 15 is 0 Å². The van der Waals surface area contributed by atoms with E-state index in [0.29, 0.717) is 0 Å². The molecule has 4 aromatic rings. The highest BCUT2D eigenvalue weighted by Gasteiger charge is 2.04. The van der Waals surface area contributed by atoms with Crippen LogP contribution in [0, 0.1) is 0 Å². The SMILES string of the molecule is c1csc(CCc2cc3cc4ccccc4cc3s2)c1. The second-order valence-corrected chi connectivity index (χ2v) is 7.23. The molecule has 0 unspecified atom stereocenters. The van der Waals surface area contributed by atoms with Gasteiger partial charge in [-0.25, -0.2) is 0 Å². The number of hydrogen-bond donors (Lipinski definition) is 0. The van der Waals surface area contributed by atoms with Crippen LogP contribution in [0.4, 0.5) is 0 Å². The van der Waals surface area contributed by atoms with E-state index in [9.17, 15) is 0 Å². The molecule has 0 saturated carbocycles. The first-order chi connectivity index (χ1) is 9.88. The summed E-state index contributed by atoms with van der Waals surface area (Å²) in [4.78, 5) is 2.97. The molecule has 0 nitrogen and oxygen atoms in total. The van der Waals surface area contributed by atoms with Crippen LogP contribution in [0.2, 0.25) is 0 Å². The highest BCUT2D eigenvalue weighted by atomic mass is 32.1. The van der Waals surface area contributed by atoms with Crippen LogP contribution in [-0.2, 0) is 12.8 Å². The third-order valence-electron chi connectivity index (χ3n) is 3.63. The van der Waals surface area contributed by atoms with Crippen molar-refractivity contribution in [2.24, 2.45) is 0 Å². The van der Waals surface area contributed by atoms with Crippen LogP contribution >= 0.6 is 22.7 Å². The summed E-state index contributed by atoms with van der Waals surface area (Å²) in [6, 6.07) is 20.0. The van der Waals surface area contributed by atoms with Gasteiger partial charge >= 0.3 is 0 Å². The van der Waals surface area contributed by atoms with Crippen molar-refractivity contribution in [3.63, 3.8) is 0 Å². The van der Waals surface area contributed by atoms with E-state index in [0.717, 1.165) is 12.8 Å². The molecule has 0 aliphatic heterocycles. The Morgan fingerprint density at radius 3 is 2.30 bits per heavy atom. The second-order valence-electron chi connectivity index (χ2n) is 5.03. The fourth-order valence-corrected chi connectivity index (χ4v) is 4.41. The highest BCUT2D eigenvalue weighted by molar-refractivity contribution is 7.19. The minimum absolute atomic E-state index is 1.15. The Hall–Kier alpha value is -1.64.